The SMILES string of the molecule is Cn1c(-c2ccccc2Cl)nn(CN2CCN(S(=O)(=O)c3ccccc3Cl)CC2)c1=S. The molecule has 0 atom stereocenters. The molecule has 0 bridgehead atoms. The van der Waals surface area contributed by atoms with E-state index in [1.807, 2.05) is 35.9 Å². The number of piperazine rings is 1. The van der Waals surface area contributed by atoms with Crippen LogP contribution in [0.3, 0.4) is 0 Å². The lowest BCUT2D eigenvalue weighted by Gasteiger charge is -2.33. The molecule has 2 aromatic carbocycles. The number of aromatic nitrogens is 3. The van der Waals surface area contributed by atoms with Gasteiger partial charge in [0.05, 0.1) is 16.7 Å². The summed E-state index contributed by atoms with van der Waals surface area (Å²) < 4.78 is 31.5. The standard InChI is InChI=1S/C20H21Cl2N5O2S2/c1-24-19(15-6-2-3-7-16(15)21)23-27(20(24)30)14-25-10-12-26(13-11-25)31(28,29)18-9-5-4-8-17(18)22/h2-9H,10-14H2,1H3. The average Bonchev–Trinajstić information content (AvgIpc) is 3.03. The van der Waals surface area contributed by atoms with Crippen LogP contribution < -0.4 is 0 Å². The summed E-state index contributed by atoms with van der Waals surface area (Å²) in [7, 11) is -1.77. The average molecular weight is 498 g/mol. The highest BCUT2D eigenvalue weighted by Gasteiger charge is 2.30. The minimum atomic E-state index is -3.63. The van der Waals surface area contributed by atoms with Gasteiger partial charge in [-0.2, -0.15) is 9.40 Å². The van der Waals surface area contributed by atoms with Crippen LogP contribution in [-0.2, 0) is 23.7 Å². The maximum Gasteiger partial charge on any atom is 0.244 e. The van der Waals surface area contributed by atoms with E-state index in [1.54, 1.807) is 22.9 Å². The van der Waals surface area contributed by atoms with Gasteiger partial charge in [0.25, 0.3) is 0 Å². The molecule has 1 aliphatic rings. The van der Waals surface area contributed by atoms with Crippen LogP contribution in [0, 0.1) is 4.77 Å². The van der Waals surface area contributed by atoms with Crippen molar-refractivity contribution in [3.05, 3.63) is 63.3 Å². The molecular weight excluding hydrogens is 477 g/mol. The molecular formula is C20H21Cl2N5O2S2. The third-order valence-electron chi connectivity index (χ3n) is 5.28. The van der Waals surface area contributed by atoms with Crippen molar-refractivity contribution in [2.45, 2.75) is 11.6 Å². The number of halogens is 2. The Hall–Kier alpha value is -1.75. The largest absolute Gasteiger partial charge is 0.303 e. The lowest BCUT2D eigenvalue weighted by molar-refractivity contribution is 0.144. The molecule has 0 amide bonds. The van der Waals surface area contributed by atoms with Gasteiger partial charge in [-0.05, 0) is 36.5 Å². The van der Waals surface area contributed by atoms with Crippen LogP contribution >= 0.6 is 35.4 Å². The topological polar surface area (TPSA) is 63.4 Å². The van der Waals surface area contributed by atoms with Gasteiger partial charge in [-0.3, -0.25) is 4.90 Å². The van der Waals surface area contributed by atoms with Gasteiger partial charge in [-0.15, -0.1) is 0 Å². The van der Waals surface area contributed by atoms with E-state index in [1.165, 1.54) is 10.4 Å². The first-order chi connectivity index (χ1) is 14.8. The van der Waals surface area contributed by atoms with Gasteiger partial charge in [0.2, 0.25) is 10.0 Å². The highest BCUT2D eigenvalue weighted by atomic mass is 35.5. The molecule has 1 aliphatic heterocycles. The van der Waals surface area contributed by atoms with Crippen molar-refractivity contribution in [2.24, 2.45) is 7.05 Å². The number of benzene rings is 2. The second kappa shape index (κ2) is 9.01. The molecule has 0 aliphatic carbocycles. The molecule has 4 rings (SSSR count). The van der Waals surface area contributed by atoms with Crippen molar-refractivity contribution < 1.29 is 8.42 Å². The van der Waals surface area contributed by atoms with E-state index in [2.05, 4.69) is 10.00 Å². The van der Waals surface area contributed by atoms with E-state index >= 15 is 0 Å². The predicted molar refractivity (Wildman–Crippen MR) is 124 cm³/mol. The minimum Gasteiger partial charge on any atom is -0.303 e. The Kier molecular flexibility index (Phi) is 6.52. The van der Waals surface area contributed by atoms with Crippen LogP contribution in [-0.4, -0.2) is 58.1 Å². The summed E-state index contributed by atoms with van der Waals surface area (Å²) in [6, 6.07) is 14.0. The molecule has 0 unspecified atom stereocenters. The highest BCUT2D eigenvalue weighted by molar-refractivity contribution is 7.89. The first-order valence-corrected chi connectivity index (χ1v) is 12.3. The molecule has 164 valence electrons. The fourth-order valence-electron chi connectivity index (χ4n) is 3.55. The zero-order valence-electron chi connectivity index (χ0n) is 16.8. The summed E-state index contributed by atoms with van der Waals surface area (Å²) in [4.78, 5) is 2.26. The molecule has 1 aromatic heterocycles. The fourth-order valence-corrected chi connectivity index (χ4v) is 5.87. The Labute approximate surface area is 196 Å². The first kappa shape index (κ1) is 22.4. The third-order valence-corrected chi connectivity index (χ3v) is 8.49. The van der Waals surface area contributed by atoms with Crippen molar-refractivity contribution in [3.63, 3.8) is 0 Å². The molecule has 7 nitrogen and oxygen atoms in total. The molecule has 31 heavy (non-hydrogen) atoms. The molecule has 0 spiro atoms. The summed E-state index contributed by atoms with van der Waals surface area (Å²) in [5.74, 6) is 0.690. The summed E-state index contributed by atoms with van der Waals surface area (Å²) >= 11 is 18.0. The van der Waals surface area contributed by atoms with Gasteiger partial charge < -0.3 is 4.57 Å². The van der Waals surface area contributed by atoms with E-state index in [4.69, 9.17) is 35.4 Å². The van der Waals surface area contributed by atoms with Crippen molar-refractivity contribution in [3.8, 4) is 11.4 Å². The summed E-state index contributed by atoms with van der Waals surface area (Å²) in [6.45, 7) is 2.32. The van der Waals surface area contributed by atoms with E-state index in [0.29, 0.717) is 48.5 Å². The van der Waals surface area contributed by atoms with Gasteiger partial charge in [0.1, 0.15) is 4.90 Å². The van der Waals surface area contributed by atoms with Crippen LogP contribution in [0.4, 0.5) is 0 Å². The number of nitrogens with zero attached hydrogens (tertiary/aromatic N) is 5. The lowest BCUT2D eigenvalue weighted by atomic mass is 10.2. The molecule has 0 saturated carbocycles. The van der Waals surface area contributed by atoms with Gasteiger partial charge >= 0.3 is 0 Å². The maximum absolute atomic E-state index is 12.9. The maximum atomic E-state index is 12.9. The van der Waals surface area contributed by atoms with E-state index in [9.17, 15) is 8.42 Å². The Morgan fingerprint density at radius 1 is 0.968 bits per heavy atom. The minimum absolute atomic E-state index is 0.140. The number of sulfonamides is 1. The molecule has 2 heterocycles. The summed E-state index contributed by atoms with van der Waals surface area (Å²) in [5, 5.41) is 5.50. The third kappa shape index (κ3) is 4.44. The van der Waals surface area contributed by atoms with Crippen LogP contribution in [0.15, 0.2) is 53.4 Å². The van der Waals surface area contributed by atoms with Gasteiger partial charge in [-0.25, -0.2) is 13.1 Å². The smallest absolute Gasteiger partial charge is 0.244 e. The van der Waals surface area contributed by atoms with Crippen molar-refractivity contribution in [1.82, 2.24) is 23.6 Å². The lowest BCUT2D eigenvalue weighted by Crippen LogP contribution is -2.49. The predicted octanol–water partition coefficient (Wildman–Crippen LogP) is 3.89. The fraction of sp³-hybridized carbons (Fsp3) is 0.300. The molecule has 3 aromatic rings. The number of hydrogen-bond donors (Lipinski definition) is 0. The van der Waals surface area contributed by atoms with Crippen LogP contribution in [0.25, 0.3) is 11.4 Å². The van der Waals surface area contributed by atoms with Crippen molar-refractivity contribution in [1.29, 1.82) is 0 Å². The second-order valence-electron chi connectivity index (χ2n) is 7.24. The van der Waals surface area contributed by atoms with Crippen LogP contribution in [0.2, 0.25) is 10.0 Å². The van der Waals surface area contributed by atoms with E-state index in [0.717, 1.165) is 5.56 Å². The normalized spacial score (nSPS) is 16.0. The van der Waals surface area contributed by atoms with Gasteiger partial charge in [-0.1, -0.05) is 47.5 Å². The first-order valence-electron chi connectivity index (χ1n) is 9.65. The molecule has 11 heteroatoms. The molecule has 1 fully saturated rings. The monoisotopic (exact) mass is 497 g/mol. The zero-order valence-corrected chi connectivity index (χ0v) is 19.9. The van der Waals surface area contributed by atoms with Crippen molar-refractivity contribution in [2.75, 3.05) is 26.2 Å². The highest BCUT2D eigenvalue weighted by Crippen LogP contribution is 2.27. The van der Waals surface area contributed by atoms with E-state index in [-0.39, 0.29) is 9.92 Å². The Balaban J connectivity index is 1.48. The second-order valence-corrected chi connectivity index (χ2v) is 10.3. The van der Waals surface area contributed by atoms with Crippen molar-refractivity contribution >= 4 is 45.4 Å². The van der Waals surface area contributed by atoms with Crippen LogP contribution in [0.1, 0.15) is 0 Å². The Bertz CT molecular complexity index is 1260. The quantitative estimate of drug-likeness (QED) is 0.500. The summed E-state index contributed by atoms with van der Waals surface area (Å²) in [5.41, 5.74) is 0.812. The Morgan fingerprint density at radius 2 is 1.58 bits per heavy atom. The van der Waals surface area contributed by atoms with E-state index < -0.39 is 10.0 Å². The molecule has 0 N–H and O–H groups in total. The van der Waals surface area contributed by atoms with Gasteiger partial charge in [0.15, 0.2) is 10.6 Å². The van der Waals surface area contributed by atoms with Crippen LogP contribution in [0.5, 0.6) is 0 Å². The molecule has 0 radical (unpaired) electrons. The molecule has 1 saturated heterocycles. The zero-order chi connectivity index (χ0) is 22.2. The van der Waals surface area contributed by atoms with Gasteiger partial charge in [0, 0.05) is 38.8 Å². The number of hydrogen-bond acceptors (Lipinski definition) is 5. The summed E-state index contributed by atoms with van der Waals surface area (Å²) in [6.07, 6.45) is 0. The number of rotatable bonds is 5. The Morgan fingerprint density at radius 3 is 2.23 bits per heavy atom.